The summed E-state index contributed by atoms with van der Waals surface area (Å²) in [4.78, 5) is 21.7. The van der Waals surface area contributed by atoms with Crippen LogP contribution in [0, 0.1) is 0 Å². The Labute approximate surface area is 181 Å². The van der Waals surface area contributed by atoms with Crippen LogP contribution in [-0.4, -0.2) is 76.2 Å². The number of aliphatic hydroxyl groups excluding tert-OH is 3. The second-order valence-corrected chi connectivity index (χ2v) is 9.82. The van der Waals surface area contributed by atoms with Crippen molar-refractivity contribution in [1.29, 1.82) is 0 Å². The fraction of sp³-hybridized carbons (Fsp3) is 0.688. The van der Waals surface area contributed by atoms with Crippen LogP contribution in [0.2, 0.25) is 5.15 Å². The number of aliphatic hydroxyl groups is 3. The second-order valence-electron chi connectivity index (χ2n) is 7.40. The number of nitrogen functional groups attached to an aromatic ring is 1. The predicted octanol–water partition coefficient (Wildman–Crippen LogP) is 0.730. The van der Waals surface area contributed by atoms with Crippen molar-refractivity contribution in [3.8, 4) is 0 Å². The Balaban J connectivity index is 1.89. The van der Waals surface area contributed by atoms with Crippen molar-refractivity contribution in [3.63, 3.8) is 0 Å². The number of halogens is 2. The molecule has 3 heterocycles. The number of fused-ring (bicyclic) bond motifs is 1. The minimum absolute atomic E-state index is 0.0153. The number of nitrogens with two attached hydrogens (primary N) is 1. The van der Waals surface area contributed by atoms with Gasteiger partial charge in [0.1, 0.15) is 30.0 Å². The number of rotatable bonds is 8. The first-order valence-corrected chi connectivity index (χ1v) is 11.4. The monoisotopic (exact) mass is 483 g/mol. The number of ether oxygens (including phenoxy) is 1. The summed E-state index contributed by atoms with van der Waals surface area (Å²) < 4.78 is 38.2. The zero-order chi connectivity index (χ0) is 23.1. The van der Waals surface area contributed by atoms with E-state index in [9.17, 15) is 29.2 Å². The molecule has 0 aliphatic carbocycles. The molecule has 174 valence electrons. The molecule has 12 nitrogen and oxygen atoms in total. The molecule has 0 amide bonds. The lowest BCUT2D eigenvalue weighted by atomic mass is 9.92. The van der Waals surface area contributed by atoms with E-state index in [1.807, 2.05) is 0 Å². The molecule has 2 aromatic rings. The van der Waals surface area contributed by atoms with Crippen LogP contribution in [0.1, 0.15) is 32.9 Å². The van der Waals surface area contributed by atoms with Gasteiger partial charge in [0, 0.05) is 6.42 Å². The molecule has 1 aliphatic rings. The number of imidazole rings is 1. The molecular weight excluding hydrogens is 460 g/mol. The lowest BCUT2D eigenvalue weighted by molar-refractivity contribution is -0.0776. The average Bonchev–Trinajstić information content (AvgIpc) is 3.23. The summed E-state index contributed by atoms with van der Waals surface area (Å²) in [7, 11) is -4.56. The van der Waals surface area contributed by atoms with Gasteiger partial charge in [0.2, 0.25) is 5.95 Å². The normalized spacial score (nSPS) is 29.0. The van der Waals surface area contributed by atoms with E-state index in [0.717, 1.165) is 6.92 Å². The SMILES string of the molecule is CCC(CF)(C[C@H]1O[C@@H](n2cnc3c(Cl)nc(N)nc32)[C@H](O)[C@@H]1O)OP(=O)(O)C(C)O. The van der Waals surface area contributed by atoms with Crippen LogP contribution in [0.3, 0.4) is 0 Å². The Morgan fingerprint density at radius 3 is 2.71 bits per heavy atom. The Hall–Kier alpha value is -1.44. The molecule has 0 saturated carbocycles. The number of hydrogen-bond donors (Lipinski definition) is 5. The molecule has 15 heteroatoms. The maximum atomic E-state index is 14.0. The summed E-state index contributed by atoms with van der Waals surface area (Å²) in [6, 6.07) is 0. The fourth-order valence-corrected chi connectivity index (χ4v) is 4.53. The highest BCUT2D eigenvalue weighted by atomic mass is 35.5. The smallest absolute Gasteiger partial charge is 0.356 e. The van der Waals surface area contributed by atoms with Crippen molar-refractivity contribution in [2.24, 2.45) is 0 Å². The van der Waals surface area contributed by atoms with Crippen molar-refractivity contribution in [3.05, 3.63) is 11.5 Å². The van der Waals surface area contributed by atoms with Crippen molar-refractivity contribution in [1.82, 2.24) is 19.5 Å². The second kappa shape index (κ2) is 8.83. The van der Waals surface area contributed by atoms with Crippen LogP contribution in [-0.2, 0) is 13.8 Å². The van der Waals surface area contributed by atoms with E-state index in [4.69, 9.17) is 26.6 Å². The molecular formula is C16H24ClFN5O7P. The third-order valence-electron chi connectivity index (χ3n) is 5.27. The van der Waals surface area contributed by atoms with Crippen LogP contribution in [0.15, 0.2) is 6.33 Å². The number of aromatic nitrogens is 4. The van der Waals surface area contributed by atoms with E-state index in [0.29, 0.717) is 0 Å². The van der Waals surface area contributed by atoms with Crippen molar-refractivity contribution in [2.75, 3.05) is 12.4 Å². The molecule has 0 radical (unpaired) electrons. The van der Waals surface area contributed by atoms with Gasteiger partial charge in [-0.2, -0.15) is 9.97 Å². The van der Waals surface area contributed by atoms with Gasteiger partial charge in [-0.25, -0.2) is 9.37 Å². The highest BCUT2D eigenvalue weighted by molar-refractivity contribution is 7.53. The van der Waals surface area contributed by atoms with Gasteiger partial charge >= 0.3 is 7.60 Å². The minimum Gasteiger partial charge on any atom is -0.388 e. The molecule has 31 heavy (non-hydrogen) atoms. The van der Waals surface area contributed by atoms with Gasteiger partial charge in [-0.05, 0) is 13.3 Å². The lowest BCUT2D eigenvalue weighted by Gasteiger charge is -2.35. The number of anilines is 1. The zero-order valence-corrected chi connectivity index (χ0v) is 18.3. The average molecular weight is 484 g/mol. The summed E-state index contributed by atoms with van der Waals surface area (Å²) in [6.07, 6.45) is -4.54. The van der Waals surface area contributed by atoms with Gasteiger partial charge in [0.05, 0.1) is 12.4 Å². The topological polar surface area (TPSA) is 186 Å². The molecule has 3 unspecified atom stereocenters. The van der Waals surface area contributed by atoms with Gasteiger partial charge in [-0.3, -0.25) is 13.7 Å². The number of hydrogen-bond acceptors (Lipinski definition) is 10. The summed E-state index contributed by atoms with van der Waals surface area (Å²) in [5.41, 5.74) is 4.11. The molecule has 7 atom stereocenters. The molecule has 6 N–H and O–H groups in total. The van der Waals surface area contributed by atoms with E-state index in [2.05, 4.69) is 15.0 Å². The Morgan fingerprint density at radius 1 is 1.45 bits per heavy atom. The van der Waals surface area contributed by atoms with Gasteiger partial charge in [0.15, 0.2) is 22.9 Å². The number of alkyl halides is 1. The van der Waals surface area contributed by atoms with E-state index in [-0.39, 0.29) is 35.1 Å². The largest absolute Gasteiger partial charge is 0.388 e. The van der Waals surface area contributed by atoms with Gasteiger partial charge in [-0.15, -0.1) is 0 Å². The first-order valence-electron chi connectivity index (χ1n) is 9.39. The molecule has 0 spiro atoms. The van der Waals surface area contributed by atoms with Gasteiger partial charge in [-0.1, -0.05) is 18.5 Å². The number of nitrogens with zero attached hydrogens (tertiary/aromatic N) is 4. The molecule has 0 aromatic carbocycles. The molecule has 0 bridgehead atoms. The van der Waals surface area contributed by atoms with Crippen molar-refractivity contribution < 1.29 is 38.4 Å². The highest BCUT2D eigenvalue weighted by Gasteiger charge is 2.50. The maximum Gasteiger partial charge on any atom is 0.356 e. The fourth-order valence-electron chi connectivity index (χ4n) is 3.35. The minimum atomic E-state index is -4.56. The van der Waals surface area contributed by atoms with E-state index >= 15 is 0 Å². The van der Waals surface area contributed by atoms with E-state index < -0.39 is 50.3 Å². The van der Waals surface area contributed by atoms with Crippen LogP contribution >= 0.6 is 19.2 Å². The van der Waals surface area contributed by atoms with Gasteiger partial charge < -0.3 is 30.7 Å². The van der Waals surface area contributed by atoms with Crippen molar-refractivity contribution >= 4 is 36.3 Å². The summed E-state index contributed by atoms with van der Waals surface area (Å²) >= 11 is 6.00. The maximum absolute atomic E-state index is 14.0. The molecule has 1 saturated heterocycles. The van der Waals surface area contributed by atoms with Crippen LogP contribution in [0.4, 0.5) is 10.3 Å². The molecule has 3 rings (SSSR count). The third-order valence-corrected chi connectivity index (χ3v) is 7.12. The van der Waals surface area contributed by atoms with Crippen LogP contribution in [0.5, 0.6) is 0 Å². The first kappa shape index (κ1) is 24.2. The van der Waals surface area contributed by atoms with E-state index in [1.165, 1.54) is 17.8 Å². The summed E-state index contributed by atoms with van der Waals surface area (Å²) in [5, 5.41) is 30.5. The lowest BCUT2D eigenvalue weighted by Crippen LogP contribution is -2.42. The molecule has 1 aliphatic heterocycles. The summed E-state index contributed by atoms with van der Waals surface area (Å²) in [6.45, 7) is 1.37. The van der Waals surface area contributed by atoms with E-state index in [1.54, 1.807) is 0 Å². The molecule has 1 fully saturated rings. The Kier molecular flexibility index (Phi) is 6.90. The molecule has 2 aromatic heterocycles. The standard InChI is InChI=1S/C16H24ClFN5O7P/c1-3-16(5-18,30-31(27,28)7(2)24)4-8-10(25)11(26)14(29-8)23-6-20-9-12(17)21-15(19)22-13(9)23/h6-8,10-11,14,24-26H,3-5H2,1-2H3,(H,27,28)(H2,19,21,22)/t7?,8-,10-,11-,14-,16?/m1/s1. The quantitative estimate of drug-likeness (QED) is 0.263. The zero-order valence-electron chi connectivity index (χ0n) is 16.7. The van der Waals surface area contributed by atoms with Gasteiger partial charge in [0.25, 0.3) is 0 Å². The van der Waals surface area contributed by atoms with Crippen LogP contribution < -0.4 is 5.73 Å². The first-order chi connectivity index (χ1) is 14.4. The Bertz CT molecular complexity index is 991. The summed E-state index contributed by atoms with van der Waals surface area (Å²) in [5.74, 6) is -1.89. The van der Waals surface area contributed by atoms with Crippen molar-refractivity contribution in [2.45, 2.75) is 62.7 Å². The Morgan fingerprint density at radius 2 is 2.13 bits per heavy atom. The predicted molar refractivity (Wildman–Crippen MR) is 107 cm³/mol. The highest BCUT2D eigenvalue weighted by Crippen LogP contribution is 2.52. The third kappa shape index (κ3) is 4.55. The van der Waals surface area contributed by atoms with Crippen LogP contribution in [0.25, 0.3) is 11.2 Å².